The zero-order valence-electron chi connectivity index (χ0n) is 9.86. The van der Waals surface area contributed by atoms with Gasteiger partial charge in [0.05, 0.1) is 0 Å². The highest BCUT2D eigenvalue weighted by Gasteiger charge is 2.65. The quantitative estimate of drug-likeness (QED) is 0.864. The molecule has 1 amide bonds. The first kappa shape index (κ1) is 11.8. The second-order valence-corrected chi connectivity index (χ2v) is 5.60. The van der Waals surface area contributed by atoms with Crippen molar-refractivity contribution in [2.75, 3.05) is 6.61 Å². The number of ether oxygens (including phenoxy) is 1. The molecule has 1 aromatic carbocycles. The van der Waals surface area contributed by atoms with Crippen LogP contribution in [0.25, 0.3) is 0 Å². The van der Waals surface area contributed by atoms with Crippen molar-refractivity contribution in [1.29, 1.82) is 0 Å². The van der Waals surface area contributed by atoms with E-state index in [0.29, 0.717) is 16.7 Å². The van der Waals surface area contributed by atoms with Crippen LogP contribution in [0.1, 0.15) is 12.8 Å². The third-order valence-electron chi connectivity index (χ3n) is 3.79. The molecule has 0 heterocycles. The van der Waals surface area contributed by atoms with Gasteiger partial charge >= 0.3 is 0 Å². The van der Waals surface area contributed by atoms with Gasteiger partial charge in [0.2, 0.25) is 0 Å². The number of benzene rings is 1. The molecule has 5 heteroatoms. The lowest BCUT2D eigenvalue weighted by atomic mass is 9.87. The maximum Gasteiger partial charge on any atom is 0.258 e. The van der Waals surface area contributed by atoms with Gasteiger partial charge in [-0.25, -0.2) is 0 Å². The summed E-state index contributed by atoms with van der Waals surface area (Å²) in [5, 5.41) is 3.59. The monoisotopic (exact) mass is 266 g/mol. The number of halogens is 1. The molecule has 4 nitrogen and oxygen atoms in total. The Morgan fingerprint density at radius 2 is 2.17 bits per heavy atom. The Bertz CT molecular complexity index is 476. The van der Waals surface area contributed by atoms with E-state index in [1.54, 1.807) is 24.3 Å². The average Bonchev–Trinajstić information content (AvgIpc) is 2.89. The van der Waals surface area contributed by atoms with Crippen LogP contribution in [-0.2, 0) is 4.79 Å². The Labute approximate surface area is 110 Å². The first-order valence-corrected chi connectivity index (χ1v) is 6.41. The first-order valence-electron chi connectivity index (χ1n) is 6.03. The maximum absolute atomic E-state index is 11.7. The normalized spacial score (nSPS) is 32.1. The number of carbonyl (C=O) groups excluding carboxylic acids is 1. The minimum absolute atomic E-state index is 0.0302. The lowest BCUT2D eigenvalue weighted by molar-refractivity contribution is -0.124. The molecule has 3 rings (SSSR count). The van der Waals surface area contributed by atoms with E-state index in [-0.39, 0.29) is 24.1 Å². The summed E-state index contributed by atoms with van der Waals surface area (Å²) in [5.74, 6) is 1.03. The number of nitrogens with one attached hydrogen (secondary N) is 1. The summed E-state index contributed by atoms with van der Waals surface area (Å²) in [6.45, 7) is 0.0302. The third-order valence-corrected chi connectivity index (χ3v) is 4.05. The molecule has 0 spiro atoms. The minimum Gasteiger partial charge on any atom is -0.484 e. The molecule has 18 heavy (non-hydrogen) atoms. The number of fused-ring (bicyclic) bond motifs is 1. The standard InChI is InChI=1S/C13H15ClN2O2/c14-8-1-3-9(4-2-8)18-7-12(17)16-11-6-13(15)5-10(11)13/h1-4,10-11H,5-7,15H2,(H,16,17)/t10?,11-,13+/m1/s1. The summed E-state index contributed by atoms with van der Waals surface area (Å²) < 4.78 is 5.36. The van der Waals surface area contributed by atoms with Crippen molar-refractivity contribution in [2.24, 2.45) is 11.7 Å². The van der Waals surface area contributed by atoms with Gasteiger partial charge in [-0.1, -0.05) is 11.6 Å². The van der Waals surface area contributed by atoms with Crippen LogP contribution in [0.15, 0.2) is 24.3 Å². The summed E-state index contributed by atoms with van der Waals surface area (Å²) in [4.78, 5) is 11.7. The van der Waals surface area contributed by atoms with Gasteiger partial charge in [-0.3, -0.25) is 4.79 Å². The van der Waals surface area contributed by atoms with Gasteiger partial charge in [0.15, 0.2) is 6.61 Å². The summed E-state index contributed by atoms with van der Waals surface area (Å²) in [7, 11) is 0. The number of carbonyl (C=O) groups is 1. The molecule has 1 unspecified atom stereocenters. The molecule has 0 aromatic heterocycles. The zero-order chi connectivity index (χ0) is 12.8. The lowest BCUT2D eigenvalue weighted by Gasteiger charge is -2.32. The Morgan fingerprint density at radius 3 is 2.72 bits per heavy atom. The van der Waals surface area contributed by atoms with Crippen LogP contribution >= 0.6 is 11.6 Å². The molecule has 2 saturated carbocycles. The van der Waals surface area contributed by atoms with Crippen LogP contribution in [0.4, 0.5) is 0 Å². The molecule has 2 aliphatic rings. The van der Waals surface area contributed by atoms with Gasteiger partial charge in [-0.2, -0.15) is 0 Å². The molecule has 3 N–H and O–H groups in total. The number of nitrogens with two attached hydrogens (primary N) is 1. The SMILES string of the molecule is N[C@]12CC1[C@H](NC(=O)COc1ccc(Cl)cc1)C2. The minimum atomic E-state index is -0.0936. The van der Waals surface area contributed by atoms with E-state index in [0.717, 1.165) is 12.8 Å². The molecule has 0 bridgehead atoms. The molecular formula is C13H15ClN2O2. The van der Waals surface area contributed by atoms with Crippen molar-refractivity contribution < 1.29 is 9.53 Å². The number of rotatable bonds is 4. The molecule has 0 radical (unpaired) electrons. The lowest BCUT2D eigenvalue weighted by Crippen LogP contribution is -2.53. The fourth-order valence-corrected chi connectivity index (χ4v) is 2.73. The van der Waals surface area contributed by atoms with Crippen molar-refractivity contribution in [3.05, 3.63) is 29.3 Å². The maximum atomic E-state index is 11.7. The molecule has 3 atom stereocenters. The number of hydrogen-bond donors (Lipinski definition) is 2. The molecule has 2 fully saturated rings. The molecule has 0 aliphatic heterocycles. The van der Waals surface area contributed by atoms with Gasteiger partial charge in [0, 0.05) is 16.6 Å². The van der Waals surface area contributed by atoms with Crippen molar-refractivity contribution in [3.63, 3.8) is 0 Å². The van der Waals surface area contributed by atoms with Gasteiger partial charge < -0.3 is 15.8 Å². The highest BCUT2D eigenvalue weighted by Crippen LogP contribution is 2.57. The van der Waals surface area contributed by atoms with E-state index < -0.39 is 0 Å². The van der Waals surface area contributed by atoms with E-state index in [1.807, 2.05) is 0 Å². The molecule has 1 aromatic rings. The Kier molecular flexibility index (Phi) is 2.72. The van der Waals surface area contributed by atoms with E-state index in [4.69, 9.17) is 22.1 Å². The topological polar surface area (TPSA) is 64.3 Å². The predicted octanol–water partition coefficient (Wildman–Crippen LogP) is 1.32. The van der Waals surface area contributed by atoms with Crippen LogP contribution < -0.4 is 15.8 Å². The Morgan fingerprint density at radius 1 is 1.44 bits per heavy atom. The van der Waals surface area contributed by atoms with E-state index in [2.05, 4.69) is 5.32 Å². The van der Waals surface area contributed by atoms with Gasteiger partial charge in [0.1, 0.15) is 5.75 Å². The summed E-state index contributed by atoms with van der Waals surface area (Å²) in [6.07, 6.45) is 1.93. The molecule has 96 valence electrons. The highest BCUT2D eigenvalue weighted by molar-refractivity contribution is 6.30. The van der Waals surface area contributed by atoms with Crippen molar-refractivity contribution >= 4 is 17.5 Å². The second kappa shape index (κ2) is 4.14. The predicted molar refractivity (Wildman–Crippen MR) is 68.5 cm³/mol. The van der Waals surface area contributed by atoms with E-state index >= 15 is 0 Å². The van der Waals surface area contributed by atoms with Gasteiger partial charge in [0.25, 0.3) is 5.91 Å². The fraction of sp³-hybridized carbons (Fsp3) is 0.462. The summed E-state index contributed by atoms with van der Waals surface area (Å²) >= 11 is 5.76. The van der Waals surface area contributed by atoms with Crippen LogP contribution in [0.5, 0.6) is 5.75 Å². The van der Waals surface area contributed by atoms with Crippen LogP contribution in [-0.4, -0.2) is 24.1 Å². The highest BCUT2D eigenvalue weighted by atomic mass is 35.5. The van der Waals surface area contributed by atoms with Crippen molar-refractivity contribution in [1.82, 2.24) is 5.32 Å². The summed E-state index contributed by atoms with van der Waals surface area (Å²) in [6, 6.07) is 7.19. The van der Waals surface area contributed by atoms with E-state index in [9.17, 15) is 4.79 Å². The van der Waals surface area contributed by atoms with Gasteiger partial charge in [-0.15, -0.1) is 0 Å². The van der Waals surface area contributed by atoms with Gasteiger partial charge in [-0.05, 0) is 43.0 Å². The number of amides is 1. The largest absolute Gasteiger partial charge is 0.484 e. The molecular weight excluding hydrogens is 252 g/mol. The number of hydrogen-bond acceptors (Lipinski definition) is 3. The fourth-order valence-electron chi connectivity index (χ4n) is 2.60. The third kappa shape index (κ3) is 2.18. The van der Waals surface area contributed by atoms with E-state index in [1.165, 1.54) is 0 Å². The summed E-state index contributed by atoms with van der Waals surface area (Å²) in [5.41, 5.74) is 5.98. The van der Waals surface area contributed by atoms with Crippen molar-refractivity contribution in [3.8, 4) is 5.75 Å². The Balaban J connectivity index is 1.43. The molecule has 2 aliphatic carbocycles. The first-order chi connectivity index (χ1) is 8.57. The van der Waals surface area contributed by atoms with Crippen molar-refractivity contribution in [2.45, 2.75) is 24.4 Å². The average molecular weight is 267 g/mol. The smallest absolute Gasteiger partial charge is 0.258 e. The van der Waals surface area contributed by atoms with Crippen LogP contribution in [0.2, 0.25) is 5.02 Å². The molecule has 0 saturated heterocycles. The zero-order valence-corrected chi connectivity index (χ0v) is 10.6. The Hall–Kier alpha value is -1.26. The van der Waals surface area contributed by atoms with Crippen LogP contribution in [0, 0.1) is 5.92 Å². The second-order valence-electron chi connectivity index (χ2n) is 5.16. The van der Waals surface area contributed by atoms with Crippen LogP contribution in [0.3, 0.4) is 0 Å².